The Morgan fingerprint density at radius 1 is 1.06 bits per heavy atom. The summed E-state index contributed by atoms with van der Waals surface area (Å²) in [6.45, 7) is 13.1. The number of ether oxygens (including phenoxy) is 3. The molecule has 0 aromatic carbocycles. The molecule has 50 heavy (non-hydrogen) atoms. The summed E-state index contributed by atoms with van der Waals surface area (Å²) >= 11 is 0. The summed E-state index contributed by atoms with van der Waals surface area (Å²) in [5, 5.41) is 83.5. The Balaban J connectivity index is 1.34. The summed E-state index contributed by atoms with van der Waals surface area (Å²) in [5.41, 5.74) is -7.89. The maximum Gasteiger partial charge on any atom is 0.341 e. The minimum atomic E-state index is -2.25. The van der Waals surface area contributed by atoms with Gasteiger partial charge in [-0.15, -0.1) is 0 Å². The average Bonchev–Trinajstić information content (AvgIpc) is 3.31. The van der Waals surface area contributed by atoms with E-state index in [1.807, 2.05) is 13.8 Å². The molecule has 0 aromatic rings. The van der Waals surface area contributed by atoms with Gasteiger partial charge in [0.15, 0.2) is 17.8 Å². The molecule has 7 N–H and O–H groups in total. The molecule has 4 saturated carbocycles. The van der Waals surface area contributed by atoms with E-state index >= 15 is 0 Å². The van der Waals surface area contributed by atoms with E-state index in [2.05, 4.69) is 11.8 Å². The Labute approximate surface area is 294 Å². The van der Waals surface area contributed by atoms with Gasteiger partial charge in [0.2, 0.25) is 5.79 Å². The zero-order valence-corrected chi connectivity index (χ0v) is 30.5. The minimum absolute atomic E-state index is 0.0328. The van der Waals surface area contributed by atoms with Crippen molar-refractivity contribution in [3.8, 4) is 0 Å². The van der Waals surface area contributed by atoms with Gasteiger partial charge in [0.05, 0.1) is 35.4 Å². The lowest BCUT2D eigenvalue weighted by atomic mass is 9.49. The van der Waals surface area contributed by atoms with Crippen molar-refractivity contribution in [1.29, 1.82) is 0 Å². The fourth-order valence-electron chi connectivity index (χ4n) is 12.5. The molecule has 4 bridgehead atoms. The number of esters is 2. The Morgan fingerprint density at radius 3 is 2.38 bits per heavy atom. The van der Waals surface area contributed by atoms with Crippen LogP contribution in [0.5, 0.6) is 0 Å². The van der Waals surface area contributed by atoms with Crippen LogP contribution in [0.4, 0.5) is 0 Å². The lowest BCUT2D eigenvalue weighted by Gasteiger charge is -2.64. The molecule has 4 aliphatic carbocycles. The molecule has 13 nitrogen and oxygen atoms in total. The number of nitrogens with zero attached hydrogens (tertiary/aromatic N) is 1. The van der Waals surface area contributed by atoms with Gasteiger partial charge in [0.1, 0.15) is 5.60 Å². The van der Waals surface area contributed by atoms with Crippen LogP contribution in [0.2, 0.25) is 0 Å². The molecule has 7 rings (SSSR count). The molecule has 0 aromatic heterocycles. The van der Waals surface area contributed by atoms with E-state index in [0.29, 0.717) is 25.3 Å². The molecular formula is C37H59NO12. The molecule has 1 spiro atoms. The second kappa shape index (κ2) is 11.5. The standard InChI is InChI=1S/C37H59NO12/c1-8-18(3)30(42)49-29-27(41)26-20(16-38-15-17(2)9-10-24(38)34(26,7)45)21-14-35-28(36(21,29)46)22(40)13-23-32(35,5)12-11-25(37(23,47)50-35)48-31(43)33(6,44)19(4)39/h17-29,39-41,44-47H,8-16H2,1-7H3/t17-,18-,19+,20-,21+,22+,23-,24+,25+,26-,27+,28+,29-,32-,33+,34+,35+,36-,37-/m0/s1. The summed E-state index contributed by atoms with van der Waals surface area (Å²) < 4.78 is 18.7. The zero-order chi connectivity index (χ0) is 36.7. The molecule has 3 heterocycles. The van der Waals surface area contributed by atoms with E-state index in [4.69, 9.17) is 14.2 Å². The van der Waals surface area contributed by atoms with E-state index in [1.54, 1.807) is 13.8 Å². The van der Waals surface area contributed by atoms with Gasteiger partial charge in [0.25, 0.3) is 0 Å². The lowest BCUT2D eigenvalue weighted by Crippen LogP contribution is -2.77. The van der Waals surface area contributed by atoms with E-state index in [0.717, 1.165) is 26.3 Å². The fraction of sp³-hybridized carbons (Fsp3) is 0.946. The van der Waals surface area contributed by atoms with E-state index in [-0.39, 0.29) is 25.3 Å². The van der Waals surface area contributed by atoms with Crippen molar-refractivity contribution in [2.75, 3.05) is 13.1 Å². The number of carbonyl (C=O) groups is 2. The van der Waals surface area contributed by atoms with Crippen LogP contribution in [-0.4, -0.2) is 130 Å². The third kappa shape index (κ3) is 4.57. The summed E-state index contributed by atoms with van der Waals surface area (Å²) in [5.74, 6) is -7.78. The summed E-state index contributed by atoms with van der Waals surface area (Å²) in [6, 6.07) is -0.238. The fourth-order valence-corrected chi connectivity index (χ4v) is 12.5. The maximum absolute atomic E-state index is 13.5. The largest absolute Gasteiger partial charge is 0.456 e. The number of fused-ring (bicyclic) bond motifs is 5. The van der Waals surface area contributed by atoms with Crippen molar-refractivity contribution in [3.63, 3.8) is 0 Å². The van der Waals surface area contributed by atoms with Crippen LogP contribution in [-0.2, 0) is 23.8 Å². The van der Waals surface area contributed by atoms with Crippen LogP contribution >= 0.6 is 0 Å². The van der Waals surface area contributed by atoms with Gasteiger partial charge in [0, 0.05) is 42.3 Å². The third-order valence-electron chi connectivity index (χ3n) is 15.5. The Hall–Kier alpha value is -1.42. The molecule has 3 saturated heterocycles. The first-order valence-electron chi connectivity index (χ1n) is 18.9. The van der Waals surface area contributed by atoms with Gasteiger partial charge in [-0.05, 0) is 83.5 Å². The summed E-state index contributed by atoms with van der Waals surface area (Å²) in [6.07, 6.45) is -4.15. The lowest BCUT2D eigenvalue weighted by molar-refractivity contribution is -0.300. The van der Waals surface area contributed by atoms with E-state index in [1.165, 1.54) is 6.92 Å². The number of hydrogen-bond acceptors (Lipinski definition) is 13. The molecule has 19 atom stereocenters. The number of aliphatic hydroxyl groups is 7. The number of hydrogen-bond donors (Lipinski definition) is 7. The highest BCUT2D eigenvalue weighted by atomic mass is 16.7. The molecule has 7 fully saturated rings. The molecular weight excluding hydrogens is 650 g/mol. The molecule has 0 radical (unpaired) electrons. The zero-order valence-electron chi connectivity index (χ0n) is 30.5. The average molecular weight is 710 g/mol. The number of aliphatic hydroxyl groups excluding tert-OH is 3. The van der Waals surface area contributed by atoms with Crippen molar-refractivity contribution in [3.05, 3.63) is 0 Å². The van der Waals surface area contributed by atoms with Crippen LogP contribution in [0.3, 0.4) is 0 Å². The third-order valence-corrected chi connectivity index (χ3v) is 15.5. The van der Waals surface area contributed by atoms with Crippen LogP contribution < -0.4 is 0 Å². The summed E-state index contributed by atoms with van der Waals surface area (Å²) in [4.78, 5) is 28.9. The number of piperidine rings is 2. The topological polar surface area (TPSA) is 207 Å². The highest BCUT2D eigenvalue weighted by Crippen LogP contribution is 2.77. The van der Waals surface area contributed by atoms with Crippen LogP contribution in [0.15, 0.2) is 0 Å². The van der Waals surface area contributed by atoms with Crippen molar-refractivity contribution in [2.24, 2.45) is 46.8 Å². The van der Waals surface area contributed by atoms with Gasteiger partial charge in [-0.25, -0.2) is 4.79 Å². The smallest absolute Gasteiger partial charge is 0.341 e. The van der Waals surface area contributed by atoms with Gasteiger partial charge < -0.3 is 50.0 Å². The van der Waals surface area contributed by atoms with Gasteiger partial charge >= 0.3 is 11.9 Å². The number of carbonyl (C=O) groups excluding carboxylic acids is 2. The van der Waals surface area contributed by atoms with Crippen LogP contribution in [0.25, 0.3) is 0 Å². The van der Waals surface area contributed by atoms with Crippen molar-refractivity contribution < 1.29 is 59.5 Å². The number of rotatable bonds is 6. The first kappa shape index (κ1) is 36.9. The van der Waals surface area contributed by atoms with E-state index in [9.17, 15) is 45.3 Å². The SMILES string of the molecule is CC[C@H](C)C(=O)O[C@H]1[C@H](O)[C@@H]2[C@@H](CN3C[C@@H](C)CC[C@@H]3[C@@]2(C)O)[C@H]2C[C@@]34O[C@@]5(O)[C@@H](C[C@@H](O)[C@H]3[C@@]21O)[C@]4(C)CC[C@H]5OC(=O)[C@](C)(O)[C@@H](C)O. The molecule has 0 amide bonds. The van der Waals surface area contributed by atoms with Gasteiger partial charge in [-0.3, -0.25) is 9.69 Å². The van der Waals surface area contributed by atoms with E-state index < -0.39 is 112 Å². The van der Waals surface area contributed by atoms with Gasteiger partial charge in [-0.2, -0.15) is 0 Å². The minimum Gasteiger partial charge on any atom is -0.456 e. The van der Waals surface area contributed by atoms with Crippen LogP contribution in [0, 0.1) is 46.8 Å². The molecule has 284 valence electrons. The maximum atomic E-state index is 13.5. The Kier molecular flexibility index (Phi) is 8.52. The van der Waals surface area contributed by atoms with Crippen molar-refractivity contribution in [2.45, 2.75) is 158 Å². The van der Waals surface area contributed by atoms with Crippen molar-refractivity contribution >= 4 is 11.9 Å². The Bertz CT molecular complexity index is 1390. The second-order valence-corrected chi connectivity index (χ2v) is 18.2. The van der Waals surface area contributed by atoms with Crippen LogP contribution in [0.1, 0.15) is 93.4 Å². The highest BCUT2D eigenvalue weighted by Gasteiger charge is 2.87. The first-order valence-corrected chi connectivity index (χ1v) is 18.9. The van der Waals surface area contributed by atoms with Gasteiger partial charge in [-0.1, -0.05) is 27.7 Å². The molecule has 7 aliphatic rings. The second-order valence-electron chi connectivity index (χ2n) is 18.2. The first-order chi connectivity index (χ1) is 23.1. The monoisotopic (exact) mass is 709 g/mol. The Morgan fingerprint density at radius 2 is 1.74 bits per heavy atom. The summed E-state index contributed by atoms with van der Waals surface area (Å²) in [7, 11) is 0. The predicted molar refractivity (Wildman–Crippen MR) is 176 cm³/mol. The molecule has 13 heteroatoms. The molecule has 0 unspecified atom stereocenters. The van der Waals surface area contributed by atoms with Crippen molar-refractivity contribution in [1.82, 2.24) is 4.90 Å². The highest BCUT2D eigenvalue weighted by molar-refractivity contribution is 5.79. The predicted octanol–water partition coefficient (Wildman–Crippen LogP) is 0.466. The molecule has 3 aliphatic heterocycles. The quantitative estimate of drug-likeness (QED) is 0.188. The normalized spacial score (nSPS) is 54.6.